The van der Waals surface area contributed by atoms with Crippen molar-refractivity contribution >= 4 is 11.6 Å². The van der Waals surface area contributed by atoms with Gasteiger partial charge in [0.1, 0.15) is 6.61 Å². The van der Waals surface area contributed by atoms with Crippen molar-refractivity contribution in [3.8, 4) is 11.5 Å². The van der Waals surface area contributed by atoms with Crippen LogP contribution in [0.4, 0.5) is 0 Å². The Hall–Kier alpha value is -1.72. The summed E-state index contributed by atoms with van der Waals surface area (Å²) in [5, 5.41) is 14.2. The molecule has 5 nitrogen and oxygen atoms in total. The maximum Gasteiger partial charge on any atom is 0.162 e. The van der Waals surface area contributed by atoms with Gasteiger partial charge in [-0.05, 0) is 31.5 Å². The van der Waals surface area contributed by atoms with Crippen LogP contribution < -0.4 is 9.47 Å². The van der Waals surface area contributed by atoms with Crippen molar-refractivity contribution in [2.75, 3.05) is 7.11 Å². The van der Waals surface area contributed by atoms with Gasteiger partial charge in [-0.1, -0.05) is 17.7 Å². The van der Waals surface area contributed by atoms with Crippen molar-refractivity contribution in [1.82, 2.24) is 9.78 Å². The fraction of sp³-hybridized carbons (Fsp3) is 0.400. The molecule has 0 bridgehead atoms. The highest BCUT2D eigenvalue weighted by Gasteiger charge is 2.14. The number of methoxy groups -OCH3 is 1. The van der Waals surface area contributed by atoms with Crippen LogP contribution in [0.1, 0.15) is 23.9 Å². The topological polar surface area (TPSA) is 56.5 Å². The number of hydrogen-bond acceptors (Lipinski definition) is 4. The average Bonchev–Trinajstić information content (AvgIpc) is 2.79. The Labute approximate surface area is 129 Å². The second-order valence-corrected chi connectivity index (χ2v) is 4.97. The second kappa shape index (κ2) is 6.83. The number of nitrogens with zero attached hydrogens (tertiary/aromatic N) is 2. The van der Waals surface area contributed by atoms with Gasteiger partial charge in [0.25, 0.3) is 0 Å². The molecule has 0 saturated carbocycles. The summed E-state index contributed by atoms with van der Waals surface area (Å²) in [6.07, 6.45) is 0. The van der Waals surface area contributed by atoms with Crippen LogP contribution in [0, 0.1) is 6.92 Å². The molecule has 0 aliphatic heterocycles. The van der Waals surface area contributed by atoms with Gasteiger partial charge in [0.15, 0.2) is 11.5 Å². The van der Waals surface area contributed by atoms with Crippen LogP contribution in [0.25, 0.3) is 0 Å². The van der Waals surface area contributed by atoms with Gasteiger partial charge in [0.05, 0.1) is 30.1 Å². The zero-order chi connectivity index (χ0) is 15.4. The molecule has 0 aliphatic carbocycles. The van der Waals surface area contributed by atoms with Crippen LogP contribution in [0.5, 0.6) is 11.5 Å². The first-order valence-electron chi connectivity index (χ1n) is 6.73. The maximum atomic E-state index is 9.21. The van der Waals surface area contributed by atoms with Crippen molar-refractivity contribution < 1.29 is 14.6 Å². The van der Waals surface area contributed by atoms with Crippen molar-refractivity contribution in [2.24, 2.45) is 0 Å². The number of aliphatic hydroxyl groups is 1. The lowest BCUT2D eigenvalue weighted by Gasteiger charge is -2.12. The minimum absolute atomic E-state index is 0.0485. The molecule has 2 aromatic rings. The molecular formula is C15H19ClN2O3. The highest BCUT2D eigenvalue weighted by atomic mass is 35.5. The molecule has 1 aromatic heterocycles. The zero-order valence-corrected chi connectivity index (χ0v) is 13.1. The van der Waals surface area contributed by atoms with Gasteiger partial charge in [0.2, 0.25) is 0 Å². The predicted molar refractivity (Wildman–Crippen MR) is 80.9 cm³/mol. The average molecular weight is 311 g/mol. The standard InChI is InChI=1S/C15H19ClN2O3/c1-4-18-12(15(16)10(2)17-18)9-21-14-7-11(8-19)5-6-13(14)20-3/h5-7,19H,4,8-9H2,1-3H3. The summed E-state index contributed by atoms with van der Waals surface area (Å²) < 4.78 is 12.9. The van der Waals surface area contributed by atoms with Gasteiger partial charge in [-0.25, -0.2) is 0 Å². The van der Waals surface area contributed by atoms with Crippen molar-refractivity contribution in [2.45, 2.75) is 33.6 Å². The monoisotopic (exact) mass is 310 g/mol. The number of aromatic nitrogens is 2. The molecule has 2 rings (SSSR count). The first kappa shape index (κ1) is 15.7. The summed E-state index contributed by atoms with van der Waals surface area (Å²) in [5.41, 5.74) is 2.37. The first-order valence-corrected chi connectivity index (χ1v) is 7.10. The van der Waals surface area contributed by atoms with E-state index < -0.39 is 0 Å². The SMILES string of the molecule is CCn1nc(C)c(Cl)c1COc1cc(CO)ccc1OC. The normalized spacial score (nSPS) is 10.7. The Balaban J connectivity index is 2.23. The van der Waals surface area contributed by atoms with E-state index in [2.05, 4.69) is 5.10 Å². The van der Waals surface area contributed by atoms with Gasteiger partial charge in [-0.2, -0.15) is 5.10 Å². The Morgan fingerprint density at radius 3 is 2.71 bits per heavy atom. The van der Waals surface area contributed by atoms with E-state index in [-0.39, 0.29) is 6.61 Å². The summed E-state index contributed by atoms with van der Waals surface area (Å²) in [5.74, 6) is 1.18. The van der Waals surface area contributed by atoms with Gasteiger partial charge in [-0.3, -0.25) is 4.68 Å². The Morgan fingerprint density at radius 1 is 1.33 bits per heavy atom. The lowest BCUT2D eigenvalue weighted by Crippen LogP contribution is -2.07. The summed E-state index contributed by atoms with van der Waals surface area (Å²) in [6, 6.07) is 5.32. The Bertz CT molecular complexity index is 626. The second-order valence-electron chi connectivity index (χ2n) is 4.59. The van der Waals surface area contributed by atoms with Crippen molar-refractivity contribution in [3.63, 3.8) is 0 Å². The number of benzene rings is 1. The lowest BCUT2D eigenvalue weighted by molar-refractivity contribution is 0.266. The zero-order valence-electron chi connectivity index (χ0n) is 12.4. The lowest BCUT2D eigenvalue weighted by atomic mass is 10.2. The van der Waals surface area contributed by atoms with E-state index in [0.29, 0.717) is 23.1 Å². The predicted octanol–water partition coefficient (Wildman–Crippen LogP) is 2.94. The largest absolute Gasteiger partial charge is 0.493 e. The summed E-state index contributed by atoms with van der Waals surface area (Å²) in [4.78, 5) is 0. The third-order valence-electron chi connectivity index (χ3n) is 3.23. The highest BCUT2D eigenvalue weighted by molar-refractivity contribution is 6.31. The van der Waals surface area contributed by atoms with E-state index in [9.17, 15) is 5.11 Å². The number of rotatable bonds is 6. The fourth-order valence-corrected chi connectivity index (χ4v) is 2.28. The molecule has 1 N–H and O–H groups in total. The smallest absolute Gasteiger partial charge is 0.162 e. The maximum absolute atomic E-state index is 9.21. The highest BCUT2D eigenvalue weighted by Crippen LogP contribution is 2.30. The van der Waals surface area contributed by atoms with Gasteiger partial charge in [-0.15, -0.1) is 0 Å². The molecule has 1 aromatic carbocycles. The summed E-state index contributed by atoms with van der Waals surface area (Å²) in [7, 11) is 1.58. The van der Waals surface area contributed by atoms with Crippen molar-refractivity contribution in [1.29, 1.82) is 0 Å². The minimum atomic E-state index is -0.0485. The number of hydrogen-bond donors (Lipinski definition) is 1. The van der Waals surface area contributed by atoms with Crippen LogP contribution in [0.3, 0.4) is 0 Å². The minimum Gasteiger partial charge on any atom is -0.493 e. The van der Waals surface area contributed by atoms with Crippen LogP contribution in [0.2, 0.25) is 5.02 Å². The molecule has 0 spiro atoms. The van der Waals surface area contributed by atoms with Crippen LogP contribution in [-0.2, 0) is 19.8 Å². The van der Waals surface area contributed by atoms with Crippen LogP contribution in [-0.4, -0.2) is 22.0 Å². The Morgan fingerprint density at radius 2 is 2.10 bits per heavy atom. The van der Waals surface area contributed by atoms with E-state index >= 15 is 0 Å². The van der Waals surface area contributed by atoms with E-state index in [0.717, 1.165) is 23.5 Å². The first-order chi connectivity index (χ1) is 10.1. The number of aryl methyl sites for hydroxylation is 2. The molecule has 0 radical (unpaired) electrons. The molecule has 0 amide bonds. The fourth-order valence-electron chi connectivity index (χ4n) is 2.09. The molecule has 0 atom stereocenters. The number of ether oxygens (including phenoxy) is 2. The van der Waals surface area contributed by atoms with Crippen LogP contribution >= 0.6 is 11.6 Å². The van der Waals surface area contributed by atoms with Gasteiger partial charge in [0, 0.05) is 6.54 Å². The summed E-state index contributed by atoms with van der Waals surface area (Å²) >= 11 is 6.26. The van der Waals surface area contributed by atoms with Crippen molar-refractivity contribution in [3.05, 3.63) is 40.2 Å². The number of aliphatic hydroxyl groups excluding tert-OH is 1. The summed E-state index contributed by atoms with van der Waals surface area (Å²) in [6.45, 7) is 4.83. The van der Waals surface area contributed by atoms with E-state index in [4.69, 9.17) is 21.1 Å². The third kappa shape index (κ3) is 3.31. The molecule has 21 heavy (non-hydrogen) atoms. The van der Waals surface area contributed by atoms with E-state index in [1.807, 2.05) is 18.5 Å². The molecule has 114 valence electrons. The van der Waals surface area contributed by atoms with Crippen LogP contribution in [0.15, 0.2) is 18.2 Å². The molecule has 0 aliphatic rings. The number of halogens is 1. The molecule has 6 heteroatoms. The molecule has 0 saturated heterocycles. The molecule has 1 heterocycles. The van der Waals surface area contributed by atoms with Gasteiger partial charge < -0.3 is 14.6 Å². The molecule has 0 unspecified atom stereocenters. The third-order valence-corrected chi connectivity index (χ3v) is 3.72. The van der Waals surface area contributed by atoms with E-state index in [1.54, 1.807) is 25.3 Å². The quantitative estimate of drug-likeness (QED) is 0.891. The Kier molecular flexibility index (Phi) is 5.09. The van der Waals surface area contributed by atoms with Gasteiger partial charge >= 0.3 is 0 Å². The molecular weight excluding hydrogens is 292 g/mol. The van der Waals surface area contributed by atoms with E-state index in [1.165, 1.54) is 0 Å². The molecule has 0 fully saturated rings.